The van der Waals surface area contributed by atoms with Gasteiger partial charge >= 0.3 is 0 Å². The molecule has 0 radical (unpaired) electrons. The molecule has 2 aromatic rings. The quantitative estimate of drug-likeness (QED) is 0.757. The van der Waals surface area contributed by atoms with Crippen molar-refractivity contribution >= 4 is 40.3 Å². The number of aryl methyl sites for hydroxylation is 1. The van der Waals surface area contributed by atoms with Crippen molar-refractivity contribution < 1.29 is 0 Å². The van der Waals surface area contributed by atoms with Crippen LogP contribution in [0, 0.1) is 13.8 Å². The highest BCUT2D eigenvalue weighted by Gasteiger charge is 2.25. The summed E-state index contributed by atoms with van der Waals surface area (Å²) >= 11 is 11.8. The van der Waals surface area contributed by atoms with Gasteiger partial charge in [-0.3, -0.25) is 0 Å². The van der Waals surface area contributed by atoms with Crippen LogP contribution in [0.25, 0.3) is 0 Å². The smallest absolute Gasteiger partial charge is 0.173 e. The Kier molecular flexibility index (Phi) is 5.50. The second-order valence-corrected chi connectivity index (χ2v) is 7.46. The molecular formula is C20H24ClN3S. The maximum atomic E-state index is 6.20. The van der Waals surface area contributed by atoms with Gasteiger partial charge in [-0.1, -0.05) is 35.4 Å². The van der Waals surface area contributed by atoms with Crippen molar-refractivity contribution in [2.75, 3.05) is 29.9 Å². The zero-order valence-electron chi connectivity index (χ0n) is 14.9. The molecule has 0 saturated carbocycles. The number of halogens is 1. The van der Waals surface area contributed by atoms with Crippen molar-refractivity contribution in [3.05, 3.63) is 58.6 Å². The van der Waals surface area contributed by atoms with Gasteiger partial charge in [0.15, 0.2) is 5.11 Å². The fourth-order valence-corrected chi connectivity index (χ4v) is 3.65. The molecule has 1 saturated heterocycles. The molecule has 3 rings (SSSR count). The molecule has 0 aliphatic carbocycles. The molecule has 0 unspecified atom stereocenters. The Morgan fingerprint density at radius 3 is 2.52 bits per heavy atom. The predicted octanol–water partition coefficient (Wildman–Crippen LogP) is 4.86. The molecule has 132 valence electrons. The number of benzene rings is 2. The maximum absolute atomic E-state index is 6.20. The molecule has 0 spiro atoms. The summed E-state index contributed by atoms with van der Waals surface area (Å²) in [6, 6.07) is 15.0. The molecule has 1 heterocycles. The van der Waals surface area contributed by atoms with Gasteiger partial charge < -0.3 is 15.1 Å². The summed E-state index contributed by atoms with van der Waals surface area (Å²) in [6.07, 6.45) is 0. The third kappa shape index (κ3) is 4.07. The maximum Gasteiger partial charge on any atom is 0.173 e. The lowest BCUT2D eigenvalue weighted by Gasteiger charge is -2.42. The average molecular weight is 374 g/mol. The fraction of sp³-hybridized carbons (Fsp3) is 0.350. The second kappa shape index (κ2) is 7.63. The van der Waals surface area contributed by atoms with Gasteiger partial charge in [0.05, 0.1) is 0 Å². The number of anilines is 2. The summed E-state index contributed by atoms with van der Waals surface area (Å²) in [7, 11) is 0. The van der Waals surface area contributed by atoms with E-state index in [0.717, 1.165) is 41.0 Å². The number of nitrogens with one attached hydrogen (secondary N) is 1. The van der Waals surface area contributed by atoms with Crippen LogP contribution in [0.1, 0.15) is 18.1 Å². The van der Waals surface area contributed by atoms with Crippen molar-refractivity contribution in [3.8, 4) is 0 Å². The summed E-state index contributed by atoms with van der Waals surface area (Å²) in [5, 5.41) is 4.88. The van der Waals surface area contributed by atoms with E-state index in [-0.39, 0.29) is 0 Å². The molecule has 0 aromatic heterocycles. The molecule has 2 aromatic carbocycles. The van der Waals surface area contributed by atoms with Gasteiger partial charge in [0.1, 0.15) is 0 Å². The molecule has 1 fully saturated rings. The van der Waals surface area contributed by atoms with Crippen LogP contribution < -0.4 is 10.2 Å². The van der Waals surface area contributed by atoms with E-state index in [1.54, 1.807) is 0 Å². The molecule has 0 bridgehead atoms. The fourth-order valence-electron chi connectivity index (χ4n) is 3.20. The molecule has 1 aliphatic heterocycles. The zero-order chi connectivity index (χ0) is 18.0. The summed E-state index contributed by atoms with van der Waals surface area (Å²) in [4.78, 5) is 4.69. The topological polar surface area (TPSA) is 18.5 Å². The van der Waals surface area contributed by atoms with Gasteiger partial charge in [-0.2, -0.15) is 0 Å². The monoisotopic (exact) mass is 373 g/mol. The lowest BCUT2D eigenvalue weighted by molar-refractivity contribution is 0.342. The van der Waals surface area contributed by atoms with E-state index in [4.69, 9.17) is 23.8 Å². The molecule has 1 N–H and O–H groups in total. The van der Waals surface area contributed by atoms with E-state index in [1.165, 1.54) is 11.3 Å². The van der Waals surface area contributed by atoms with Gasteiger partial charge in [0, 0.05) is 42.1 Å². The minimum absolute atomic E-state index is 0.400. The van der Waals surface area contributed by atoms with E-state index < -0.39 is 0 Å². The van der Waals surface area contributed by atoms with Gasteiger partial charge in [0.2, 0.25) is 0 Å². The van der Waals surface area contributed by atoms with E-state index in [9.17, 15) is 0 Å². The van der Waals surface area contributed by atoms with Crippen LogP contribution in [0.2, 0.25) is 5.02 Å². The Bertz CT molecular complexity index is 760. The van der Waals surface area contributed by atoms with E-state index >= 15 is 0 Å². The number of piperazine rings is 1. The highest BCUT2D eigenvalue weighted by molar-refractivity contribution is 7.80. The first kappa shape index (κ1) is 18.0. The number of thiocarbonyl (C=S) groups is 1. The third-order valence-electron chi connectivity index (χ3n) is 4.79. The van der Waals surface area contributed by atoms with E-state index in [2.05, 4.69) is 53.2 Å². The predicted molar refractivity (Wildman–Crippen MR) is 112 cm³/mol. The van der Waals surface area contributed by atoms with Gasteiger partial charge in [-0.05, 0) is 62.8 Å². The zero-order valence-corrected chi connectivity index (χ0v) is 16.5. The Morgan fingerprint density at radius 1 is 1.12 bits per heavy atom. The molecule has 1 atom stereocenters. The standard InChI is InChI=1S/C20H24ClN3S/c1-14-7-9-17(10-8-14)24-12-11-23(13-15(24)2)20(25)22-19-6-4-5-18(21)16(19)3/h4-10,15H,11-13H2,1-3H3,(H,22,25)/t15-/m0/s1. The highest BCUT2D eigenvalue weighted by Crippen LogP contribution is 2.25. The summed E-state index contributed by atoms with van der Waals surface area (Å²) < 4.78 is 0. The van der Waals surface area contributed by atoms with Crippen LogP contribution in [0.4, 0.5) is 11.4 Å². The Hall–Kier alpha value is -1.78. The van der Waals surface area contributed by atoms with Crippen LogP contribution in [-0.4, -0.2) is 35.7 Å². The van der Waals surface area contributed by atoms with E-state index in [0.29, 0.717) is 6.04 Å². The van der Waals surface area contributed by atoms with Crippen LogP contribution in [-0.2, 0) is 0 Å². The van der Waals surface area contributed by atoms with E-state index in [1.807, 2.05) is 25.1 Å². The first-order chi connectivity index (χ1) is 12.0. The first-order valence-electron chi connectivity index (χ1n) is 8.60. The average Bonchev–Trinajstić information content (AvgIpc) is 2.60. The molecule has 3 nitrogen and oxygen atoms in total. The molecular weight excluding hydrogens is 350 g/mol. The number of hydrogen-bond donors (Lipinski definition) is 1. The second-order valence-electron chi connectivity index (χ2n) is 6.67. The third-order valence-corrected chi connectivity index (χ3v) is 5.56. The number of rotatable bonds is 2. The van der Waals surface area contributed by atoms with Crippen LogP contribution in [0.15, 0.2) is 42.5 Å². The molecule has 5 heteroatoms. The normalized spacial score (nSPS) is 17.5. The van der Waals surface area contributed by atoms with Crippen molar-refractivity contribution in [3.63, 3.8) is 0 Å². The van der Waals surface area contributed by atoms with Crippen molar-refractivity contribution in [1.29, 1.82) is 0 Å². The summed E-state index contributed by atoms with van der Waals surface area (Å²) in [5.41, 5.74) is 4.57. The Balaban J connectivity index is 1.65. The van der Waals surface area contributed by atoms with Crippen LogP contribution in [0.5, 0.6) is 0 Å². The van der Waals surface area contributed by atoms with Crippen molar-refractivity contribution in [2.45, 2.75) is 26.8 Å². The lowest BCUT2D eigenvalue weighted by Crippen LogP contribution is -2.54. The minimum Gasteiger partial charge on any atom is -0.365 e. The minimum atomic E-state index is 0.400. The van der Waals surface area contributed by atoms with Gasteiger partial charge in [-0.15, -0.1) is 0 Å². The lowest BCUT2D eigenvalue weighted by atomic mass is 10.1. The highest BCUT2D eigenvalue weighted by atomic mass is 35.5. The van der Waals surface area contributed by atoms with Gasteiger partial charge in [-0.25, -0.2) is 0 Å². The van der Waals surface area contributed by atoms with Crippen LogP contribution in [0.3, 0.4) is 0 Å². The summed E-state index contributed by atoms with van der Waals surface area (Å²) in [6.45, 7) is 9.14. The largest absolute Gasteiger partial charge is 0.365 e. The molecule has 25 heavy (non-hydrogen) atoms. The van der Waals surface area contributed by atoms with Crippen molar-refractivity contribution in [2.24, 2.45) is 0 Å². The molecule has 1 aliphatic rings. The number of hydrogen-bond acceptors (Lipinski definition) is 2. The Morgan fingerprint density at radius 2 is 1.84 bits per heavy atom. The van der Waals surface area contributed by atoms with Gasteiger partial charge in [0.25, 0.3) is 0 Å². The first-order valence-corrected chi connectivity index (χ1v) is 9.38. The SMILES string of the molecule is Cc1ccc(N2CCN(C(=S)Nc3cccc(Cl)c3C)C[C@@H]2C)cc1. The number of nitrogens with zero attached hydrogens (tertiary/aromatic N) is 2. The Labute approximate surface area is 160 Å². The van der Waals surface area contributed by atoms with Crippen molar-refractivity contribution in [1.82, 2.24) is 4.90 Å². The summed E-state index contributed by atoms with van der Waals surface area (Å²) in [5.74, 6) is 0. The molecule has 0 amide bonds. The van der Waals surface area contributed by atoms with Crippen LogP contribution >= 0.6 is 23.8 Å².